The predicted octanol–water partition coefficient (Wildman–Crippen LogP) is 1.76. The molecule has 1 aliphatic carbocycles. The van der Waals surface area contributed by atoms with Crippen molar-refractivity contribution in [2.75, 3.05) is 6.61 Å². The Labute approximate surface area is 89.5 Å². The smallest absolute Gasteiger partial charge is 0.135 e. The quantitative estimate of drug-likeness (QED) is 0.752. The Bertz CT molecular complexity index is 324. The van der Waals surface area contributed by atoms with E-state index in [-0.39, 0.29) is 6.10 Å². The molecule has 0 bridgehead atoms. The number of carbonyl (C=O) groups excluding carboxylic acids is 1. The highest BCUT2D eigenvalue weighted by atomic mass is 16.5. The molecule has 0 spiro atoms. The Balaban J connectivity index is 1.69. The van der Waals surface area contributed by atoms with Gasteiger partial charge in [0, 0.05) is 31.2 Å². The minimum Gasteiger partial charge on any atom is -0.377 e. The largest absolute Gasteiger partial charge is 0.377 e. The van der Waals surface area contributed by atoms with Crippen LogP contribution in [0.15, 0.2) is 24.4 Å². The van der Waals surface area contributed by atoms with Crippen LogP contribution >= 0.6 is 0 Å². The summed E-state index contributed by atoms with van der Waals surface area (Å²) in [5, 5.41) is 0. The van der Waals surface area contributed by atoms with Crippen LogP contribution in [0.1, 0.15) is 25.0 Å². The first-order valence-corrected chi connectivity index (χ1v) is 5.38. The van der Waals surface area contributed by atoms with E-state index in [9.17, 15) is 4.79 Å². The molecule has 1 atom stereocenters. The molecular weight excluding hydrogens is 190 g/mol. The third-order valence-electron chi connectivity index (χ3n) is 2.64. The molecule has 1 aromatic heterocycles. The van der Waals surface area contributed by atoms with E-state index in [0.29, 0.717) is 25.2 Å². The molecule has 1 aromatic rings. The van der Waals surface area contributed by atoms with Gasteiger partial charge >= 0.3 is 0 Å². The van der Waals surface area contributed by atoms with Gasteiger partial charge in [0.25, 0.3) is 0 Å². The van der Waals surface area contributed by atoms with Gasteiger partial charge < -0.3 is 4.74 Å². The van der Waals surface area contributed by atoms with Crippen molar-refractivity contribution in [2.24, 2.45) is 0 Å². The number of aromatic nitrogens is 1. The van der Waals surface area contributed by atoms with Crippen molar-refractivity contribution in [1.29, 1.82) is 0 Å². The molecule has 1 unspecified atom stereocenters. The molecule has 1 saturated carbocycles. The Kier molecular flexibility index (Phi) is 3.45. The fraction of sp³-hybridized carbons (Fsp3) is 0.500. The van der Waals surface area contributed by atoms with Crippen molar-refractivity contribution in [1.82, 2.24) is 4.98 Å². The standard InChI is InChI=1S/C12H15NO2/c14-11-4-5-12(9-11)15-8-6-10-3-1-2-7-13-10/h1-3,7,12H,4-6,8-9H2. The van der Waals surface area contributed by atoms with E-state index in [1.54, 1.807) is 6.20 Å². The summed E-state index contributed by atoms with van der Waals surface area (Å²) in [6.07, 6.45) is 4.94. The lowest BCUT2D eigenvalue weighted by molar-refractivity contribution is -0.118. The number of hydrogen-bond acceptors (Lipinski definition) is 3. The molecule has 15 heavy (non-hydrogen) atoms. The Morgan fingerprint density at radius 1 is 1.47 bits per heavy atom. The fourth-order valence-electron chi connectivity index (χ4n) is 1.80. The van der Waals surface area contributed by atoms with Crippen LogP contribution in [-0.2, 0) is 16.0 Å². The second kappa shape index (κ2) is 5.03. The lowest BCUT2D eigenvalue weighted by Gasteiger charge is -2.09. The van der Waals surface area contributed by atoms with E-state index in [1.165, 1.54) is 0 Å². The summed E-state index contributed by atoms with van der Waals surface area (Å²) < 4.78 is 5.62. The summed E-state index contributed by atoms with van der Waals surface area (Å²) in [6.45, 7) is 0.662. The molecule has 0 aromatic carbocycles. The zero-order valence-electron chi connectivity index (χ0n) is 8.69. The Morgan fingerprint density at radius 3 is 3.07 bits per heavy atom. The molecule has 0 saturated heterocycles. The lowest BCUT2D eigenvalue weighted by atomic mass is 10.3. The van der Waals surface area contributed by atoms with E-state index in [0.717, 1.165) is 18.5 Å². The van der Waals surface area contributed by atoms with Crippen LogP contribution in [0.25, 0.3) is 0 Å². The van der Waals surface area contributed by atoms with Gasteiger partial charge in [0.15, 0.2) is 0 Å². The van der Waals surface area contributed by atoms with Gasteiger partial charge in [-0.3, -0.25) is 9.78 Å². The molecule has 0 amide bonds. The zero-order valence-corrected chi connectivity index (χ0v) is 8.69. The topological polar surface area (TPSA) is 39.2 Å². The molecule has 0 radical (unpaired) electrons. The molecular formula is C12H15NO2. The highest BCUT2D eigenvalue weighted by Crippen LogP contribution is 2.17. The maximum Gasteiger partial charge on any atom is 0.135 e. The number of Topliss-reactive ketones (excluding diaryl/α,β-unsaturated/α-hetero) is 1. The van der Waals surface area contributed by atoms with Crippen LogP contribution in [0.3, 0.4) is 0 Å². The normalized spacial score (nSPS) is 20.8. The van der Waals surface area contributed by atoms with Crippen LogP contribution in [-0.4, -0.2) is 23.5 Å². The maximum absolute atomic E-state index is 11.0. The van der Waals surface area contributed by atoms with Gasteiger partial charge in [-0.05, 0) is 18.6 Å². The molecule has 1 heterocycles. The average molecular weight is 205 g/mol. The molecule has 1 aliphatic rings. The molecule has 3 heteroatoms. The van der Waals surface area contributed by atoms with Gasteiger partial charge in [-0.2, -0.15) is 0 Å². The number of pyridine rings is 1. The molecule has 0 aliphatic heterocycles. The van der Waals surface area contributed by atoms with Gasteiger partial charge in [-0.15, -0.1) is 0 Å². The number of ketones is 1. The van der Waals surface area contributed by atoms with Crippen molar-refractivity contribution >= 4 is 5.78 Å². The van der Waals surface area contributed by atoms with E-state index in [1.807, 2.05) is 18.2 Å². The number of hydrogen-bond donors (Lipinski definition) is 0. The highest BCUT2D eigenvalue weighted by molar-refractivity contribution is 5.81. The first-order chi connectivity index (χ1) is 7.34. The van der Waals surface area contributed by atoms with Crippen molar-refractivity contribution in [3.05, 3.63) is 30.1 Å². The summed E-state index contributed by atoms with van der Waals surface area (Å²) in [5.74, 6) is 0.331. The molecule has 80 valence electrons. The lowest BCUT2D eigenvalue weighted by Crippen LogP contribution is -2.11. The third-order valence-corrected chi connectivity index (χ3v) is 2.64. The minimum absolute atomic E-state index is 0.154. The van der Waals surface area contributed by atoms with Crippen molar-refractivity contribution in [2.45, 2.75) is 31.8 Å². The molecule has 1 fully saturated rings. The fourth-order valence-corrected chi connectivity index (χ4v) is 1.80. The Hall–Kier alpha value is -1.22. The van der Waals surface area contributed by atoms with Gasteiger partial charge in [0.2, 0.25) is 0 Å². The van der Waals surface area contributed by atoms with Crippen molar-refractivity contribution < 1.29 is 9.53 Å². The number of rotatable bonds is 4. The minimum atomic E-state index is 0.154. The van der Waals surface area contributed by atoms with Crippen LogP contribution in [0.4, 0.5) is 0 Å². The predicted molar refractivity (Wildman–Crippen MR) is 56.5 cm³/mol. The van der Waals surface area contributed by atoms with Crippen LogP contribution < -0.4 is 0 Å². The molecule has 0 N–H and O–H groups in total. The summed E-state index contributed by atoms with van der Waals surface area (Å²) in [5.41, 5.74) is 1.04. The van der Waals surface area contributed by atoms with Crippen LogP contribution in [0.5, 0.6) is 0 Å². The van der Waals surface area contributed by atoms with E-state index < -0.39 is 0 Å². The first-order valence-electron chi connectivity index (χ1n) is 5.38. The van der Waals surface area contributed by atoms with Gasteiger partial charge in [0.05, 0.1) is 12.7 Å². The second-order valence-electron chi connectivity index (χ2n) is 3.85. The van der Waals surface area contributed by atoms with E-state index in [2.05, 4.69) is 4.98 Å². The first kappa shape index (κ1) is 10.3. The van der Waals surface area contributed by atoms with Gasteiger partial charge in [-0.25, -0.2) is 0 Å². The summed E-state index contributed by atoms with van der Waals surface area (Å²) in [6, 6.07) is 5.87. The third kappa shape index (κ3) is 3.13. The highest BCUT2D eigenvalue weighted by Gasteiger charge is 2.22. The van der Waals surface area contributed by atoms with E-state index >= 15 is 0 Å². The molecule has 3 nitrogen and oxygen atoms in total. The summed E-state index contributed by atoms with van der Waals surface area (Å²) in [7, 11) is 0. The number of carbonyl (C=O) groups is 1. The number of ether oxygens (including phenoxy) is 1. The van der Waals surface area contributed by atoms with Crippen LogP contribution in [0, 0.1) is 0 Å². The van der Waals surface area contributed by atoms with E-state index in [4.69, 9.17) is 4.74 Å². The monoisotopic (exact) mass is 205 g/mol. The van der Waals surface area contributed by atoms with Crippen molar-refractivity contribution in [3.63, 3.8) is 0 Å². The number of nitrogens with zero attached hydrogens (tertiary/aromatic N) is 1. The molecule has 2 rings (SSSR count). The SMILES string of the molecule is O=C1CCC(OCCc2ccccn2)C1. The maximum atomic E-state index is 11.0. The Morgan fingerprint density at radius 2 is 2.40 bits per heavy atom. The summed E-state index contributed by atoms with van der Waals surface area (Å²) >= 11 is 0. The van der Waals surface area contributed by atoms with Gasteiger partial charge in [0.1, 0.15) is 5.78 Å². The zero-order chi connectivity index (χ0) is 10.5. The van der Waals surface area contributed by atoms with Crippen LogP contribution in [0.2, 0.25) is 0 Å². The van der Waals surface area contributed by atoms with Gasteiger partial charge in [-0.1, -0.05) is 6.07 Å². The summed E-state index contributed by atoms with van der Waals surface area (Å²) in [4.78, 5) is 15.2. The van der Waals surface area contributed by atoms with Crippen molar-refractivity contribution in [3.8, 4) is 0 Å². The second-order valence-corrected chi connectivity index (χ2v) is 3.85. The average Bonchev–Trinajstić information content (AvgIpc) is 2.66.